The molecule has 2 rings (SSSR count). The van der Waals surface area contributed by atoms with E-state index in [1.165, 1.54) is 19.2 Å². The van der Waals surface area contributed by atoms with Crippen LogP contribution in [-0.4, -0.2) is 31.4 Å². The standard InChI is InChI=1S/C16H21Cl2N3OS/c1-2-3-4-7-23-10-16(22,9-21-12-19-11-20-21)14-6-5-13(17)8-15(14)18/h5-6,8,11-12,22H,2-4,7,9-10H2,1H3. The molecule has 0 bridgehead atoms. The molecule has 4 nitrogen and oxygen atoms in total. The molecule has 1 aromatic carbocycles. The van der Waals surface area contributed by atoms with Crippen LogP contribution in [0.4, 0.5) is 0 Å². The maximum atomic E-state index is 11.2. The van der Waals surface area contributed by atoms with Gasteiger partial charge in [0, 0.05) is 21.4 Å². The van der Waals surface area contributed by atoms with Gasteiger partial charge in [0.05, 0.1) is 6.54 Å². The van der Waals surface area contributed by atoms with Crippen molar-refractivity contribution in [2.24, 2.45) is 0 Å². The second kappa shape index (κ2) is 8.92. The fourth-order valence-electron chi connectivity index (χ4n) is 2.35. The van der Waals surface area contributed by atoms with Gasteiger partial charge in [0.25, 0.3) is 0 Å². The zero-order valence-electron chi connectivity index (χ0n) is 13.1. The highest BCUT2D eigenvalue weighted by atomic mass is 35.5. The van der Waals surface area contributed by atoms with E-state index in [0.717, 1.165) is 12.2 Å². The molecule has 0 spiro atoms. The van der Waals surface area contributed by atoms with Crippen LogP contribution >= 0.6 is 35.0 Å². The number of unbranched alkanes of at least 4 members (excludes halogenated alkanes) is 2. The third-order valence-electron chi connectivity index (χ3n) is 3.56. The molecule has 0 aliphatic rings. The lowest BCUT2D eigenvalue weighted by Gasteiger charge is -2.29. The van der Waals surface area contributed by atoms with E-state index < -0.39 is 5.60 Å². The second-order valence-electron chi connectivity index (χ2n) is 5.51. The zero-order valence-corrected chi connectivity index (χ0v) is 15.4. The van der Waals surface area contributed by atoms with E-state index in [2.05, 4.69) is 17.0 Å². The fraction of sp³-hybridized carbons (Fsp3) is 0.500. The second-order valence-corrected chi connectivity index (χ2v) is 7.46. The minimum absolute atomic E-state index is 0.301. The summed E-state index contributed by atoms with van der Waals surface area (Å²) >= 11 is 14.0. The number of hydrogen-bond acceptors (Lipinski definition) is 4. The lowest BCUT2D eigenvalue weighted by molar-refractivity contribution is 0.0398. The van der Waals surface area contributed by atoms with Crippen LogP contribution in [0.25, 0.3) is 0 Å². The van der Waals surface area contributed by atoms with E-state index in [4.69, 9.17) is 23.2 Å². The van der Waals surface area contributed by atoms with Crippen molar-refractivity contribution >= 4 is 35.0 Å². The van der Waals surface area contributed by atoms with Crippen molar-refractivity contribution in [3.05, 3.63) is 46.5 Å². The molecule has 0 saturated carbocycles. The Morgan fingerprint density at radius 2 is 2.13 bits per heavy atom. The number of thioether (sulfide) groups is 1. The van der Waals surface area contributed by atoms with Gasteiger partial charge in [0.2, 0.25) is 0 Å². The summed E-state index contributed by atoms with van der Waals surface area (Å²) in [5.74, 6) is 1.55. The van der Waals surface area contributed by atoms with Gasteiger partial charge in [-0.1, -0.05) is 49.0 Å². The Morgan fingerprint density at radius 3 is 2.78 bits per heavy atom. The van der Waals surface area contributed by atoms with Crippen molar-refractivity contribution in [1.29, 1.82) is 0 Å². The van der Waals surface area contributed by atoms with Gasteiger partial charge in [-0.15, -0.1) is 0 Å². The minimum Gasteiger partial charge on any atom is -0.382 e. The minimum atomic E-state index is -1.12. The molecule has 126 valence electrons. The van der Waals surface area contributed by atoms with Gasteiger partial charge in [-0.05, 0) is 24.3 Å². The first-order chi connectivity index (χ1) is 11.0. The molecule has 23 heavy (non-hydrogen) atoms. The largest absolute Gasteiger partial charge is 0.382 e. The predicted molar refractivity (Wildman–Crippen MR) is 97.2 cm³/mol. The number of aromatic nitrogens is 3. The first kappa shape index (κ1) is 18.6. The molecule has 0 aliphatic carbocycles. The highest BCUT2D eigenvalue weighted by Crippen LogP contribution is 2.34. The van der Waals surface area contributed by atoms with Crippen molar-refractivity contribution in [2.75, 3.05) is 11.5 Å². The van der Waals surface area contributed by atoms with E-state index in [0.29, 0.717) is 27.9 Å². The van der Waals surface area contributed by atoms with Crippen molar-refractivity contribution < 1.29 is 5.11 Å². The molecule has 1 heterocycles. The van der Waals surface area contributed by atoms with Crippen LogP contribution in [0.2, 0.25) is 10.0 Å². The van der Waals surface area contributed by atoms with Crippen LogP contribution in [0.15, 0.2) is 30.9 Å². The van der Waals surface area contributed by atoms with Gasteiger partial charge in [-0.25, -0.2) is 9.67 Å². The molecule has 2 aromatic rings. The molecule has 1 N–H and O–H groups in total. The Kier molecular flexibility index (Phi) is 7.21. The summed E-state index contributed by atoms with van der Waals surface area (Å²) in [6.07, 6.45) is 6.59. The number of benzene rings is 1. The maximum Gasteiger partial charge on any atom is 0.137 e. The summed E-state index contributed by atoms with van der Waals surface area (Å²) in [5, 5.41) is 16.4. The van der Waals surface area contributed by atoms with E-state index >= 15 is 0 Å². The van der Waals surface area contributed by atoms with Gasteiger partial charge in [0.15, 0.2) is 0 Å². The zero-order chi connectivity index (χ0) is 16.7. The lowest BCUT2D eigenvalue weighted by Crippen LogP contribution is -2.35. The molecule has 1 aromatic heterocycles. The van der Waals surface area contributed by atoms with Crippen molar-refractivity contribution in [1.82, 2.24) is 14.8 Å². The summed E-state index contributed by atoms with van der Waals surface area (Å²) in [4.78, 5) is 3.94. The van der Waals surface area contributed by atoms with Crippen LogP contribution in [0.3, 0.4) is 0 Å². The van der Waals surface area contributed by atoms with Crippen LogP contribution in [0, 0.1) is 0 Å². The van der Waals surface area contributed by atoms with Gasteiger partial charge in [-0.3, -0.25) is 0 Å². The molecule has 0 saturated heterocycles. The van der Waals surface area contributed by atoms with Crippen LogP contribution in [0.1, 0.15) is 31.7 Å². The number of halogens is 2. The molecule has 7 heteroatoms. The Balaban J connectivity index is 2.16. The average molecular weight is 374 g/mol. The Bertz CT molecular complexity index is 609. The van der Waals surface area contributed by atoms with Gasteiger partial charge < -0.3 is 5.11 Å². The SMILES string of the molecule is CCCCCSCC(O)(Cn1cncn1)c1ccc(Cl)cc1Cl. The number of nitrogens with zero attached hydrogens (tertiary/aromatic N) is 3. The van der Waals surface area contributed by atoms with Crippen molar-refractivity contribution in [3.8, 4) is 0 Å². The van der Waals surface area contributed by atoms with Crippen molar-refractivity contribution in [3.63, 3.8) is 0 Å². The average Bonchev–Trinajstić information content (AvgIpc) is 2.99. The van der Waals surface area contributed by atoms with E-state index in [1.54, 1.807) is 41.0 Å². The maximum absolute atomic E-state index is 11.2. The molecule has 1 atom stereocenters. The smallest absolute Gasteiger partial charge is 0.137 e. The molecule has 0 aliphatic heterocycles. The van der Waals surface area contributed by atoms with Gasteiger partial charge in [0.1, 0.15) is 18.3 Å². The number of aliphatic hydroxyl groups is 1. The number of rotatable bonds is 9. The monoisotopic (exact) mass is 373 g/mol. The van der Waals surface area contributed by atoms with Gasteiger partial charge in [-0.2, -0.15) is 16.9 Å². The van der Waals surface area contributed by atoms with E-state index in [1.807, 2.05) is 0 Å². The summed E-state index contributed by atoms with van der Waals surface area (Å²) in [5.41, 5.74) is -0.450. The van der Waals surface area contributed by atoms with E-state index in [9.17, 15) is 5.11 Å². The highest BCUT2D eigenvalue weighted by molar-refractivity contribution is 7.99. The summed E-state index contributed by atoms with van der Waals surface area (Å²) in [6.45, 7) is 2.48. The molecule has 0 radical (unpaired) electrons. The number of hydrogen-bond donors (Lipinski definition) is 1. The Morgan fingerprint density at radius 1 is 1.30 bits per heavy atom. The Hall–Kier alpha value is -0.750. The first-order valence-corrected chi connectivity index (χ1v) is 9.54. The van der Waals surface area contributed by atoms with Crippen LogP contribution in [-0.2, 0) is 12.1 Å². The summed E-state index contributed by atoms with van der Waals surface area (Å²) in [6, 6.07) is 5.19. The molecule has 0 fully saturated rings. The van der Waals surface area contributed by atoms with Gasteiger partial charge >= 0.3 is 0 Å². The lowest BCUT2D eigenvalue weighted by atomic mass is 9.95. The third-order valence-corrected chi connectivity index (χ3v) is 5.36. The molecule has 0 amide bonds. The normalized spacial score (nSPS) is 13.9. The van der Waals surface area contributed by atoms with Crippen molar-refractivity contribution in [2.45, 2.75) is 38.3 Å². The highest BCUT2D eigenvalue weighted by Gasteiger charge is 2.32. The quantitative estimate of drug-likeness (QED) is 0.661. The van der Waals surface area contributed by atoms with Crippen LogP contribution < -0.4 is 0 Å². The molecule has 1 unspecified atom stereocenters. The first-order valence-electron chi connectivity index (χ1n) is 7.63. The van der Waals surface area contributed by atoms with Crippen LogP contribution in [0.5, 0.6) is 0 Å². The molecular formula is C16H21Cl2N3OS. The van der Waals surface area contributed by atoms with E-state index in [-0.39, 0.29) is 0 Å². The molecular weight excluding hydrogens is 353 g/mol. The summed E-state index contributed by atoms with van der Waals surface area (Å²) in [7, 11) is 0. The third kappa shape index (κ3) is 5.38. The topological polar surface area (TPSA) is 50.9 Å². The Labute approximate surface area is 151 Å². The fourth-order valence-corrected chi connectivity index (χ4v) is 4.07. The predicted octanol–water partition coefficient (Wildman–Crippen LogP) is 4.40. The summed E-state index contributed by atoms with van der Waals surface area (Å²) < 4.78 is 1.62.